The number of carbonyl (C=O) groups is 4. The molecule has 17 nitrogen and oxygen atoms in total. The fourth-order valence-corrected chi connectivity index (χ4v) is 12.7. The Bertz CT molecular complexity index is 1790. The Hall–Kier alpha value is -1.94. The van der Waals surface area contributed by atoms with E-state index in [1.807, 2.05) is 0 Å². The molecule has 3 unspecified atom stereocenters. The lowest BCUT2D eigenvalue weighted by Gasteiger charge is -2.21. The third-order valence-corrected chi connectivity index (χ3v) is 19.2. The van der Waals surface area contributed by atoms with Crippen molar-refractivity contribution < 1.29 is 80.2 Å². The Kier molecular flexibility index (Phi) is 63.7. The molecule has 0 aliphatic rings. The van der Waals surface area contributed by atoms with Crippen LogP contribution in [0.4, 0.5) is 0 Å². The Balaban J connectivity index is 5.25. The van der Waals surface area contributed by atoms with Gasteiger partial charge in [-0.15, -0.1) is 0 Å². The number of phosphoric ester groups is 2. The van der Waals surface area contributed by atoms with E-state index in [1.165, 1.54) is 186 Å². The van der Waals surface area contributed by atoms with E-state index < -0.39 is 97.5 Å². The van der Waals surface area contributed by atoms with Crippen LogP contribution in [0, 0.1) is 11.8 Å². The lowest BCUT2D eigenvalue weighted by atomic mass is 9.99. The molecule has 0 rings (SSSR count). The molecule has 92 heavy (non-hydrogen) atoms. The van der Waals surface area contributed by atoms with Gasteiger partial charge in [-0.2, -0.15) is 0 Å². The second kappa shape index (κ2) is 65.0. The van der Waals surface area contributed by atoms with E-state index in [9.17, 15) is 43.2 Å². The molecule has 0 aliphatic carbocycles. The van der Waals surface area contributed by atoms with Crippen molar-refractivity contribution in [3.63, 3.8) is 0 Å². The summed E-state index contributed by atoms with van der Waals surface area (Å²) in [6, 6.07) is 0. The predicted molar refractivity (Wildman–Crippen MR) is 372 cm³/mol. The summed E-state index contributed by atoms with van der Waals surface area (Å²) in [5.74, 6) is -0.630. The first-order valence-electron chi connectivity index (χ1n) is 38.0. The largest absolute Gasteiger partial charge is 0.472 e. The van der Waals surface area contributed by atoms with Gasteiger partial charge in [0.1, 0.15) is 19.3 Å². The number of esters is 4. The predicted octanol–water partition coefficient (Wildman–Crippen LogP) is 21.2. The van der Waals surface area contributed by atoms with Gasteiger partial charge in [-0.1, -0.05) is 324 Å². The van der Waals surface area contributed by atoms with Crippen LogP contribution in [0.2, 0.25) is 0 Å². The molecular weight excluding hydrogens is 1210 g/mol. The minimum Gasteiger partial charge on any atom is -0.462 e. The zero-order valence-corrected chi connectivity index (χ0v) is 61.6. The van der Waals surface area contributed by atoms with E-state index in [0.29, 0.717) is 31.6 Å². The van der Waals surface area contributed by atoms with Gasteiger partial charge in [-0.05, 0) is 37.5 Å². The van der Waals surface area contributed by atoms with Crippen molar-refractivity contribution in [1.29, 1.82) is 0 Å². The number of hydrogen-bond donors (Lipinski definition) is 3. The zero-order valence-electron chi connectivity index (χ0n) is 59.9. The maximum absolute atomic E-state index is 13.1. The van der Waals surface area contributed by atoms with Crippen LogP contribution in [0.25, 0.3) is 0 Å². The van der Waals surface area contributed by atoms with Crippen LogP contribution in [0.5, 0.6) is 0 Å². The monoisotopic (exact) mass is 1350 g/mol. The Labute approximate surface area is 562 Å². The summed E-state index contributed by atoms with van der Waals surface area (Å²) in [7, 11) is -9.90. The van der Waals surface area contributed by atoms with Crippen LogP contribution >= 0.6 is 15.6 Å². The quantitative estimate of drug-likeness (QED) is 0.0222. The summed E-state index contributed by atoms with van der Waals surface area (Å²) in [6.07, 6.45) is 51.3. The highest BCUT2D eigenvalue weighted by Crippen LogP contribution is 2.45. The molecule has 0 saturated carbocycles. The van der Waals surface area contributed by atoms with Crippen molar-refractivity contribution in [2.75, 3.05) is 39.6 Å². The highest BCUT2D eigenvalue weighted by Gasteiger charge is 2.30. The van der Waals surface area contributed by atoms with Crippen LogP contribution < -0.4 is 0 Å². The smallest absolute Gasteiger partial charge is 0.462 e. The summed E-state index contributed by atoms with van der Waals surface area (Å²) in [5, 5.41) is 10.6. The Morgan fingerprint density at radius 2 is 0.554 bits per heavy atom. The van der Waals surface area contributed by atoms with Gasteiger partial charge in [0.05, 0.1) is 26.4 Å². The molecule has 0 radical (unpaired) electrons. The molecule has 546 valence electrons. The van der Waals surface area contributed by atoms with E-state index in [4.69, 9.17) is 37.0 Å². The molecule has 0 spiro atoms. The highest BCUT2D eigenvalue weighted by molar-refractivity contribution is 7.47. The average molecular weight is 1350 g/mol. The van der Waals surface area contributed by atoms with Crippen molar-refractivity contribution in [1.82, 2.24) is 0 Å². The number of hydrogen-bond acceptors (Lipinski definition) is 15. The SMILES string of the molecule is CCCCCCCCCCCCCCCCCCC(=O)O[C@H](COC(=O)CCCCCCCCCCCCC(C)CC)COP(=O)(O)OC[C@@H](O)COP(=O)(O)OC[C@@H](COC(=O)CCCCCCCCC(C)C)OC(=O)CCCCCCCCCCCCCCC. The minimum absolute atomic E-state index is 0.107. The van der Waals surface area contributed by atoms with Gasteiger partial charge < -0.3 is 33.8 Å². The molecule has 0 aromatic rings. The average Bonchev–Trinajstić information content (AvgIpc) is 2.53. The van der Waals surface area contributed by atoms with Crippen LogP contribution in [0.3, 0.4) is 0 Å². The van der Waals surface area contributed by atoms with Gasteiger partial charge in [0.25, 0.3) is 0 Å². The number of unbranched alkanes of at least 4 members (excludes halogenated alkanes) is 41. The molecule has 3 N–H and O–H groups in total. The number of aliphatic hydroxyl groups is 1. The fraction of sp³-hybridized carbons (Fsp3) is 0.945. The molecule has 0 amide bonds. The van der Waals surface area contributed by atoms with Gasteiger partial charge in [-0.3, -0.25) is 37.3 Å². The van der Waals surface area contributed by atoms with Crippen molar-refractivity contribution in [3.8, 4) is 0 Å². The maximum atomic E-state index is 13.1. The van der Waals surface area contributed by atoms with E-state index in [1.54, 1.807) is 0 Å². The van der Waals surface area contributed by atoms with Crippen LogP contribution in [0.1, 0.15) is 375 Å². The van der Waals surface area contributed by atoms with E-state index in [2.05, 4.69) is 41.5 Å². The Morgan fingerprint density at radius 3 is 0.826 bits per heavy atom. The summed E-state index contributed by atoms with van der Waals surface area (Å²) < 4.78 is 68.4. The Morgan fingerprint density at radius 1 is 0.315 bits per heavy atom. The molecule has 0 bridgehead atoms. The minimum atomic E-state index is -4.95. The van der Waals surface area contributed by atoms with Crippen molar-refractivity contribution in [2.24, 2.45) is 11.8 Å². The maximum Gasteiger partial charge on any atom is 0.472 e. The van der Waals surface area contributed by atoms with Gasteiger partial charge in [-0.25, -0.2) is 9.13 Å². The van der Waals surface area contributed by atoms with Gasteiger partial charge in [0.2, 0.25) is 0 Å². The third kappa shape index (κ3) is 65.4. The van der Waals surface area contributed by atoms with Crippen LogP contribution in [-0.4, -0.2) is 96.7 Å². The second-order valence-corrected chi connectivity index (χ2v) is 30.0. The number of carbonyl (C=O) groups excluding carboxylic acids is 4. The van der Waals surface area contributed by atoms with E-state index >= 15 is 0 Å². The second-order valence-electron chi connectivity index (χ2n) is 27.1. The molecular formula is C73H142O17P2. The zero-order chi connectivity index (χ0) is 67.9. The first kappa shape index (κ1) is 90.1. The lowest BCUT2D eigenvalue weighted by molar-refractivity contribution is -0.161. The molecule has 0 heterocycles. The number of ether oxygens (including phenoxy) is 4. The van der Waals surface area contributed by atoms with Gasteiger partial charge in [0.15, 0.2) is 12.2 Å². The molecule has 19 heteroatoms. The van der Waals surface area contributed by atoms with Crippen LogP contribution in [-0.2, 0) is 65.4 Å². The first-order chi connectivity index (χ1) is 44.4. The summed E-state index contributed by atoms with van der Waals surface area (Å²) in [4.78, 5) is 72.7. The lowest BCUT2D eigenvalue weighted by Crippen LogP contribution is -2.30. The van der Waals surface area contributed by atoms with Crippen molar-refractivity contribution in [2.45, 2.75) is 394 Å². The van der Waals surface area contributed by atoms with Crippen molar-refractivity contribution in [3.05, 3.63) is 0 Å². The number of aliphatic hydroxyl groups excluding tert-OH is 1. The molecule has 0 aromatic carbocycles. The topological polar surface area (TPSA) is 237 Å². The number of phosphoric acid groups is 2. The van der Waals surface area contributed by atoms with E-state index in [-0.39, 0.29) is 25.7 Å². The summed E-state index contributed by atoms with van der Waals surface area (Å²) in [6.45, 7) is 9.53. The van der Waals surface area contributed by atoms with Crippen LogP contribution in [0.15, 0.2) is 0 Å². The standard InChI is InChI=1S/C73H142O17P2/c1-7-10-12-14-16-18-20-22-23-24-26-28-34-38-46-52-58-72(77)89-68(61-83-70(75)55-49-43-36-32-30-29-31-35-42-48-54-66(6)9-3)63-87-91(79,80)85-59-67(74)60-86-92(81,82)88-64-69(62-84-71(76)56-50-44-40-39-41-47-53-65(4)5)90-73(78)57-51-45-37-33-27-25-21-19-17-15-13-11-8-2/h65-69,74H,7-64H2,1-6H3,(H,79,80)(H,81,82)/t66?,67-,68-,69-/m1/s1. The molecule has 0 aliphatic heterocycles. The first-order valence-corrected chi connectivity index (χ1v) is 41.0. The summed E-state index contributed by atoms with van der Waals surface area (Å²) >= 11 is 0. The third-order valence-electron chi connectivity index (χ3n) is 17.3. The highest BCUT2D eigenvalue weighted by atomic mass is 31.2. The molecule has 0 aromatic heterocycles. The fourth-order valence-electron chi connectivity index (χ4n) is 11.1. The molecule has 0 saturated heterocycles. The normalized spacial score (nSPS) is 14.4. The molecule has 0 fully saturated rings. The molecule has 6 atom stereocenters. The number of rotatable bonds is 72. The van der Waals surface area contributed by atoms with E-state index in [0.717, 1.165) is 102 Å². The van der Waals surface area contributed by atoms with Gasteiger partial charge in [0, 0.05) is 25.7 Å². The summed E-state index contributed by atoms with van der Waals surface area (Å²) in [5.41, 5.74) is 0. The van der Waals surface area contributed by atoms with Gasteiger partial charge >= 0.3 is 39.5 Å². The van der Waals surface area contributed by atoms with Crippen molar-refractivity contribution >= 4 is 39.5 Å².